The van der Waals surface area contributed by atoms with E-state index >= 15 is 0 Å². The minimum atomic E-state index is -0.419. The lowest BCUT2D eigenvalue weighted by atomic mass is 9.90. The zero-order valence-electron chi connectivity index (χ0n) is 25.2. The Balaban J connectivity index is 1.34. The van der Waals surface area contributed by atoms with Crippen molar-refractivity contribution in [2.45, 2.75) is 31.1 Å². The number of nitrogens with zero attached hydrogens (tertiary/aromatic N) is 4. The zero-order valence-corrected chi connectivity index (χ0v) is 25.9. The van der Waals surface area contributed by atoms with Crippen molar-refractivity contribution in [1.29, 1.82) is 0 Å². The maximum Gasteiger partial charge on any atom is 0.161 e. The molecule has 2 heterocycles. The molecule has 2 aliphatic rings. The van der Waals surface area contributed by atoms with Crippen LogP contribution in [0.2, 0.25) is 0 Å². The van der Waals surface area contributed by atoms with Crippen molar-refractivity contribution >= 4 is 30.0 Å². The largest absolute Gasteiger partial charge is 0.491 e. The number of aliphatic hydroxyl groups excluding tert-OH is 1. The van der Waals surface area contributed by atoms with Crippen LogP contribution in [0.1, 0.15) is 24.3 Å². The summed E-state index contributed by atoms with van der Waals surface area (Å²) in [6, 6.07) is 8.13. The molecule has 13 heteroatoms. The molecule has 12 nitrogen and oxygen atoms in total. The topological polar surface area (TPSA) is 142 Å². The minimum absolute atomic E-state index is 0.0433. The first kappa shape index (κ1) is 35.5. The smallest absolute Gasteiger partial charge is 0.161 e. The molecule has 2 aliphatic heterocycles. The number of benzene rings is 1. The third-order valence-electron chi connectivity index (χ3n) is 6.89. The standard InChI is InChI=1S/C31H44ClN5O7/c1-3-10-39-11-12-40-13-14-41-15-16-42-17-18-43-26-6-4-24(5-7-26)25-20-37(21-25)31(35-23-32)28(19-33)30(34-2)36-29-9-8-27(22-38)44-29/h1,4-7,19,25,27,29,38H,2,8-18,20-23,33H2/b28-19+,35-31+,36-30-. The van der Waals surface area contributed by atoms with Crippen LogP contribution >= 0.6 is 11.6 Å². The van der Waals surface area contributed by atoms with E-state index in [-0.39, 0.29) is 18.7 Å². The van der Waals surface area contributed by atoms with Crippen molar-refractivity contribution in [2.24, 2.45) is 20.7 Å². The van der Waals surface area contributed by atoms with Gasteiger partial charge >= 0.3 is 0 Å². The van der Waals surface area contributed by atoms with E-state index in [4.69, 9.17) is 52.2 Å². The van der Waals surface area contributed by atoms with Crippen LogP contribution in [-0.4, -0.2) is 126 Å². The zero-order chi connectivity index (χ0) is 31.4. The molecule has 3 N–H and O–H groups in total. The number of halogens is 1. The summed E-state index contributed by atoms with van der Waals surface area (Å²) in [5.74, 6) is 4.44. The van der Waals surface area contributed by atoms with Crippen LogP contribution in [0, 0.1) is 12.3 Å². The van der Waals surface area contributed by atoms with Gasteiger partial charge in [0.2, 0.25) is 0 Å². The lowest BCUT2D eigenvalue weighted by molar-refractivity contribution is -0.00187. The molecule has 0 spiro atoms. The predicted molar refractivity (Wildman–Crippen MR) is 171 cm³/mol. The molecule has 0 saturated carbocycles. The normalized spacial score (nSPS) is 19.6. The van der Waals surface area contributed by atoms with Gasteiger partial charge in [0.1, 0.15) is 30.8 Å². The van der Waals surface area contributed by atoms with E-state index in [0.717, 1.165) is 25.3 Å². The van der Waals surface area contributed by atoms with Crippen LogP contribution in [0.3, 0.4) is 0 Å². The summed E-state index contributed by atoms with van der Waals surface area (Å²) in [4.78, 5) is 15.2. The van der Waals surface area contributed by atoms with Gasteiger partial charge in [-0.1, -0.05) is 18.1 Å². The van der Waals surface area contributed by atoms with Crippen LogP contribution in [0.5, 0.6) is 5.75 Å². The van der Waals surface area contributed by atoms with Gasteiger partial charge in [0, 0.05) is 25.2 Å². The number of aliphatic imine (C=N–C) groups is 3. The SMILES string of the molecule is C#CCOCCOCCOCCOCCOc1ccc(C2CN(C(=N/CCl)/C(=C/N)C(/N=C)=N/C3CCC(CO)O3)C2)cc1. The number of nitrogens with two attached hydrogens (primary N) is 1. The molecule has 2 fully saturated rings. The molecular formula is C31H44ClN5O7. The van der Waals surface area contributed by atoms with Gasteiger partial charge in [0.05, 0.1) is 64.5 Å². The number of hydrogen-bond donors (Lipinski definition) is 2. The van der Waals surface area contributed by atoms with E-state index in [0.29, 0.717) is 89.0 Å². The van der Waals surface area contributed by atoms with Crippen molar-refractivity contribution in [1.82, 2.24) is 4.90 Å². The molecule has 2 atom stereocenters. The Kier molecular flexibility index (Phi) is 16.8. The summed E-state index contributed by atoms with van der Waals surface area (Å²) in [5, 5.41) is 9.35. The first-order chi connectivity index (χ1) is 21.6. The Morgan fingerprint density at radius 3 is 2.23 bits per heavy atom. The molecule has 0 amide bonds. The number of ether oxygens (including phenoxy) is 6. The number of likely N-dealkylation sites (tertiary alicyclic amines) is 1. The molecular weight excluding hydrogens is 590 g/mol. The van der Waals surface area contributed by atoms with Crippen LogP contribution in [-0.2, 0) is 23.7 Å². The second-order valence-corrected chi connectivity index (χ2v) is 10.1. The lowest BCUT2D eigenvalue weighted by Gasteiger charge is -2.42. The summed E-state index contributed by atoms with van der Waals surface area (Å²) in [6.45, 7) is 9.21. The van der Waals surface area contributed by atoms with Gasteiger partial charge < -0.3 is 44.2 Å². The summed E-state index contributed by atoms with van der Waals surface area (Å²) in [5.41, 5.74) is 7.73. The first-order valence-corrected chi connectivity index (χ1v) is 15.2. The Bertz CT molecular complexity index is 1120. The maximum atomic E-state index is 9.35. The summed E-state index contributed by atoms with van der Waals surface area (Å²) in [6.07, 6.45) is 7.28. The van der Waals surface area contributed by atoms with Crippen molar-refractivity contribution in [3.63, 3.8) is 0 Å². The van der Waals surface area contributed by atoms with Crippen LogP contribution in [0.15, 0.2) is 51.0 Å². The fourth-order valence-electron chi connectivity index (χ4n) is 4.62. The Morgan fingerprint density at radius 2 is 1.68 bits per heavy atom. The molecule has 0 radical (unpaired) electrons. The highest BCUT2D eigenvalue weighted by Gasteiger charge is 2.33. The van der Waals surface area contributed by atoms with Gasteiger partial charge in [-0.25, -0.2) is 9.98 Å². The summed E-state index contributed by atoms with van der Waals surface area (Å²) >= 11 is 6.00. The molecule has 1 aromatic carbocycles. The van der Waals surface area contributed by atoms with Crippen LogP contribution in [0.4, 0.5) is 0 Å². The highest BCUT2D eigenvalue weighted by atomic mass is 35.5. The minimum Gasteiger partial charge on any atom is -0.491 e. The van der Waals surface area contributed by atoms with Crippen molar-refractivity contribution in [3.05, 3.63) is 41.6 Å². The quantitative estimate of drug-likeness (QED) is 0.0552. The highest BCUT2D eigenvalue weighted by molar-refractivity contribution is 6.25. The Labute approximate surface area is 264 Å². The van der Waals surface area contributed by atoms with Gasteiger partial charge in [-0.15, -0.1) is 18.0 Å². The van der Waals surface area contributed by atoms with E-state index in [1.54, 1.807) is 0 Å². The van der Waals surface area contributed by atoms with E-state index < -0.39 is 6.23 Å². The molecule has 0 aliphatic carbocycles. The molecule has 242 valence electrons. The fourth-order valence-corrected chi connectivity index (χ4v) is 4.73. The molecule has 0 aromatic heterocycles. The number of hydrogen-bond acceptors (Lipinski definition) is 10. The number of alkyl halides is 1. The lowest BCUT2D eigenvalue weighted by Crippen LogP contribution is -2.50. The second kappa shape index (κ2) is 20.8. The number of aliphatic hydroxyl groups is 1. The average Bonchev–Trinajstić information content (AvgIpc) is 3.48. The van der Waals surface area contributed by atoms with E-state index in [9.17, 15) is 5.11 Å². The Hall–Kier alpha value is -3.02. The van der Waals surface area contributed by atoms with Crippen molar-refractivity contribution < 1.29 is 33.5 Å². The van der Waals surface area contributed by atoms with E-state index in [2.05, 4.69) is 44.6 Å². The summed E-state index contributed by atoms with van der Waals surface area (Å²) in [7, 11) is 0. The average molecular weight is 634 g/mol. The van der Waals surface area contributed by atoms with Crippen molar-refractivity contribution in [3.8, 4) is 18.1 Å². The molecule has 3 rings (SSSR count). The van der Waals surface area contributed by atoms with E-state index in [1.807, 2.05) is 12.1 Å². The first-order valence-electron chi connectivity index (χ1n) is 14.7. The van der Waals surface area contributed by atoms with Gasteiger partial charge in [-0.2, -0.15) is 0 Å². The van der Waals surface area contributed by atoms with Crippen LogP contribution in [0.25, 0.3) is 0 Å². The fraction of sp³-hybridized carbons (Fsp3) is 0.581. The maximum absolute atomic E-state index is 9.35. The van der Waals surface area contributed by atoms with E-state index in [1.165, 1.54) is 11.8 Å². The van der Waals surface area contributed by atoms with Gasteiger partial charge in [-0.05, 0) is 37.3 Å². The molecule has 44 heavy (non-hydrogen) atoms. The third kappa shape index (κ3) is 11.8. The van der Waals surface area contributed by atoms with Crippen molar-refractivity contribution in [2.75, 3.05) is 85.2 Å². The molecule has 2 unspecified atom stereocenters. The number of rotatable bonds is 20. The van der Waals surface area contributed by atoms with Gasteiger partial charge in [0.15, 0.2) is 12.1 Å². The van der Waals surface area contributed by atoms with Gasteiger partial charge in [-0.3, -0.25) is 4.99 Å². The second-order valence-electron chi connectivity index (χ2n) is 9.88. The monoisotopic (exact) mass is 633 g/mol. The highest BCUT2D eigenvalue weighted by Crippen LogP contribution is 2.30. The van der Waals surface area contributed by atoms with Crippen LogP contribution < -0.4 is 10.5 Å². The summed E-state index contributed by atoms with van der Waals surface area (Å²) < 4.78 is 33.1. The molecule has 0 bridgehead atoms. The molecule has 2 saturated heterocycles. The Morgan fingerprint density at radius 1 is 1.05 bits per heavy atom. The number of terminal acetylenes is 1. The third-order valence-corrected chi connectivity index (χ3v) is 7.01. The van der Waals surface area contributed by atoms with Gasteiger partial charge in [0.25, 0.3) is 0 Å². The predicted octanol–water partition coefficient (Wildman–Crippen LogP) is 2.20. The number of amidine groups is 2. The molecule has 1 aromatic rings.